The van der Waals surface area contributed by atoms with Crippen molar-refractivity contribution < 1.29 is 19.0 Å². The molecule has 4 heteroatoms. The molecule has 0 aromatic rings. The topological polar surface area (TPSA) is 44.8 Å². The second kappa shape index (κ2) is 6.74. The minimum atomic E-state index is -0.983. The van der Waals surface area contributed by atoms with Gasteiger partial charge in [0.05, 0.1) is 0 Å². The zero-order chi connectivity index (χ0) is 11.0. The molecule has 0 N–H and O–H groups in total. The molecule has 0 saturated heterocycles. The molecule has 0 bridgehead atoms. The molecule has 0 aliphatic rings. The smallest absolute Gasteiger partial charge is 0.282 e. The molecule has 0 aliphatic heterocycles. The summed E-state index contributed by atoms with van der Waals surface area (Å²) < 4.78 is 15.3. The van der Waals surface area contributed by atoms with Crippen LogP contribution in [0.3, 0.4) is 0 Å². The van der Waals surface area contributed by atoms with Crippen molar-refractivity contribution in [1.82, 2.24) is 0 Å². The molecule has 0 aromatic heterocycles. The van der Waals surface area contributed by atoms with Gasteiger partial charge < -0.3 is 14.2 Å². The number of hydrogen-bond donors (Lipinski definition) is 0. The van der Waals surface area contributed by atoms with Gasteiger partial charge in [0, 0.05) is 33.3 Å². The van der Waals surface area contributed by atoms with Gasteiger partial charge >= 0.3 is 0 Å². The van der Waals surface area contributed by atoms with Crippen LogP contribution in [-0.2, 0) is 19.0 Å². The fourth-order valence-corrected chi connectivity index (χ4v) is 1.18. The van der Waals surface area contributed by atoms with E-state index in [9.17, 15) is 4.79 Å². The second-order valence-corrected chi connectivity index (χ2v) is 3.03. The molecule has 0 unspecified atom stereocenters. The van der Waals surface area contributed by atoms with Gasteiger partial charge in [0.15, 0.2) is 0 Å². The average Bonchev–Trinajstić information content (AvgIpc) is 2.25. The molecule has 0 fully saturated rings. The highest BCUT2D eigenvalue weighted by Crippen LogP contribution is 2.21. The Balaban J connectivity index is 4.00. The molecule has 4 nitrogen and oxygen atoms in total. The number of carbonyl (C=O) groups excluding carboxylic acids is 1. The average molecular weight is 202 g/mol. The predicted octanol–water partition coefficient (Wildman–Crippen LogP) is 1.53. The molecule has 0 saturated carbocycles. The monoisotopic (exact) mass is 202 g/mol. The van der Waals surface area contributed by atoms with Crippen molar-refractivity contribution in [1.29, 1.82) is 0 Å². The van der Waals surface area contributed by atoms with E-state index in [1.165, 1.54) is 21.3 Å². The summed E-state index contributed by atoms with van der Waals surface area (Å²) in [6.45, 7) is 1.75. The van der Waals surface area contributed by atoms with Crippen LogP contribution >= 0.6 is 0 Å². The van der Waals surface area contributed by atoms with E-state index in [0.29, 0.717) is 18.4 Å². The molecular weight excluding hydrogens is 184 g/mol. The van der Waals surface area contributed by atoms with Gasteiger partial charge in [0.25, 0.3) is 5.97 Å². The Morgan fingerprint density at radius 3 is 2.07 bits per heavy atom. The Hall–Kier alpha value is -0.670. The first kappa shape index (κ1) is 13.3. The van der Waals surface area contributed by atoms with Crippen LogP contribution in [0.1, 0.15) is 26.2 Å². The molecule has 0 spiro atoms. The van der Waals surface area contributed by atoms with Gasteiger partial charge in [-0.3, -0.25) is 0 Å². The maximum Gasteiger partial charge on any atom is 0.282 e. The van der Waals surface area contributed by atoms with Crippen LogP contribution in [0.4, 0.5) is 0 Å². The van der Waals surface area contributed by atoms with Crippen molar-refractivity contribution in [3.63, 3.8) is 0 Å². The van der Waals surface area contributed by atoms with Gasteiger partial charge in [-0.25, -0.2) is 4.79 Å². The Morgan fingerprint density at radius 1 is 1.21 bits per heavy atom. The summed E-state index contributed by atoms with van der Waals surface area (Å²) in [6, 6.07) is 0. The van der Waals surface area contributed by atoms with E-state index >= 15 is 0 Å². The fourth-order valence-electron chi connectivity index (χ4n) is 1.18. The zero-order valence-electron chi connectivity index (χ0n) is 9.25. The number of allylic oxidation sites excluding steroid dienone is 1. The zero-order valence-corrected chi connectivity index (χ0v) is 9.25. The third-order valence-electron chi connectivity index (χ3n) is 2.14. The van der Waals surface area contributed by atoms with E-state index in [2.05, 4.69) is 0 Å². The van der Waals surface area contributed by atoms with Crippen LogP contribution in [-0.4, -0.2) is 33.2 Å². The second-order valence-electron chi connectivity index (χ2n) is 3.03. The normalized spacial score (nSPS) is 11.1. The summed E-state index contributed by atoms with van der Waals surface area (Å²) in [7, 11) is 4.57. The van der Waals surface area contributed by atoms with E-state index in [1.54, 1.807) is 6.92 Å². The minimum absolute atomic E-state index is 0.579. The molecule has 0 aromatic carbocycles. The predicted molar refractivity (Wildman–Crippen MR) is 52.5 cm³/mol. The Kier molecular flexibility index (Phi) is 6.41. The molecule has 0 radical (unpaired) electrons. The lowest BCUT2D eigenvalue weighted by Gasteiger charge is -2.28. The largest absolute Gasteiger partial charge is 0.331 e. The number of ether oxygens (including phenoxy) is 3. The molecule has 0 rings (SSSR count). The highest BCUT2D eigenvalue weighted by molar-refractivity contribution is 5.50. The first-order chi connectivity index (χ1) is 6.64. The fraction of sp³-hybridized carbons (Fsp3) is 0.800. The highest BCUT2D eigenvalue weighted by Gasteiger charge is 2.28. The first-order valence-electron chi connectivity index (χ1n) is 4.50. The van der Waals surface area contributed by atoms with Crippen molar-refractivity contribution in [3.05, 3.63) is 5.57 Å². The van der Waals surface area contributed by atoms with Crippen molar-refractivity contribution in [2.75, 3.05) is 21.3 Å². The first-order valence-corrected chi connectivity index (χ1v) is 4.50. The molecular formula is C10H18O4. The van der Waals surface area contributed by atoms with Crippen LogP contribution in [0.25, 0.3) is 0 Å². The molecule has 14 heavy (non-hydrogen) atoms. The van der Waals surface area contributed by atoms with Gasteiger partial charge in [-0.2, -0.15) is 0 Å². The summed E-state index contributed by atoms with van der Waals surface area (Å²) in [5.41, 5.74) is 0.696. The summed E-state index contributed by atoms with van der Waals surface area (Å²) in [4.78, 5) is 10.2. The number of rotatable bonds is 7. The maximum atomic E-state index is 10.2. The Bertz CT molecular complexity index is 194. The summed E-state index contributed by atoms with van der Waals surface area (Å²) in [6.07, 6.45) is 2.02. The van der Waals surface area contributed by atoms with Gasteiger partial charge in [0.1, 0.15) is 5.94 Å². The van der Waals surface area contributed by atoms with E-state index in [-0.39, 0.29) is 0 Å². The summed E-state index contributed by atoms with van der Waals surface area (Å²) >= 11 is 0. The van der Waals surface area contributed by atoms with Crippen molar-refractivity contribution >= 4 is 5.94 Å². The SMILES string of the molecule is COC(CCCC(C)=C=O)(OC)OC. The van der Waals surface area contributed by atoms with E-state index in [0.717, 1.165) is 6.42 Å². The maximum absolute atomic E-state index is 10.2. The third-order valence-corrected chi connectivity index (χ3v) is 2.14. The lowest BCUT2D eigenvalue weighted by Crippen LogP contribution is -2.35. The molecule has 82 valence electrons. The lowest BCUT2D eigenvalue weighted by molar-refractivity contribution is -0.355. The van der Waals surface area contributed by atoms with E-state index in [4.69, 9.17) is 14.2 Å². The molecule has 0 atom stereocenters. The van der Waals surface area contributed by atoms with Gasteiger partial charge in [-0.05, 0) is 19.8 Å². The summed E-state index contributed by atoms with van der Waals surface area (Å²) in [5.74, 6) is 0.866. The minimum Gasteiger partial charge on any atom is -0.331 e. The van der Waals surface area contributed by atoms with Crippen molar-refractivity contribution in [2.24, 2.45) is 0 Å². The molecule has 0 amide bonds. The van der Waals surface area contributed by atoms with Gasteiger partial charge in [-0.15, -0.1) is 0 Å². The number of hydrogen-bond acceptors (Lipinski definition) is 4. The third kappa shape index (κ3) is 4.03. The van der Waals surface area contributed by atoms with Gasteiger partial charge in [0.2, 0.25) is 0 Å². The Morgan fingerprint density at radius 2 is 1.71 bits per heavy atom. The molecule has 0 aliphatic carbocycles. The highest BCUT2D eigenvalue weighted by atomic mass is 16.9. The van der Waals surface area contributed by atoms with Crippen LogP contribution in [0.2, 0.25) is 0 Å². The van der Waals surface area contributed by atoms with Crippen LogP contribution in [0.5, 0.6) is 0 Å². The summed E-state index contributed by atoms with van der Waals surface area (Å²) in [5, 5.41) is 0. The van der Waals surface area contributed by atoms with Crippen molar-refractivity contribution in [3.8, 4) is 0 Å². The standard InChI is InChI=1S/C10H18O4/c1-9(8-11)6-5-7-10(12-2,13-3)14-4/h5-7H2,1-4H3. The van der Waals surface area contributed by atoms with Gasteiger partial charge in [-0.1, -0.05) is 0 Å². The van der Waals surface area contributed by atoms with Crippen LogP contribution in [0, 0.1) is 0 Å². The Labute approximate surface area is 84.8 Å². The van der Waals surface area contributed by atoms with E-state index < -0.39 is 5.97 Å². The lowest BCUT2D eigenvalue weighted by atomic mass is 10.1. The van der Waals surface area contributed by atoms with Crippen molar-refractivity contribution in [2.45, 2.75) is 32.2 Å². The van der Waals surface area contributed by atoms with Crippen LogP contribution in [0.15, 0.2) is 5.57 Å². The van der Waals surface area contributed by atoms with E-state index in [1.807, 2.05) is 5.94 Å². The number of methoxy groups -OCH3 is 3. The van der Waals surface area contributed by atoms with Crippen LogP contribution < -0.4 is 0 Å². The molecule has 0 heterocycles. The quantitative estimate of drug-likeness (QED) is 0.464.